The van der Waals surface area contributed by atoms with Gasteiger partial charge in [-0.05, 0) is 39.0 Å². The largest absolute Gasteiger partial charge is 0.433 e. The second kappa shape index (κ2) is 9.74. The summed E-state index contributed by atoms with van der Waals surface area (Å²) in [7, 11) is 0. The van der Waals surface area contributed by atoms with Gasteiger partial charge >= 0.3 is 18.4 Å². The molecule has 1 aliphatic heterocycles. The van der Waals surface area contributed by atoms with Gasteiger partial charge in [0.2, 0.25) is 0 Å². The number of alkyl halides is 6. The lowest BCUT2D eigenvalue weighted by Crippen LogP contribution is -2.41. The second-order valence-corrected chi connectivity index (χ2v) is 8.23. The Bertz CT molecular complexity index is 1220. The summed E-state index contributed by atoms with van der Waals surface area (Å²) in [4.78, 5) is 33.1. The van der Waals surface area contributed by atoms with Crippen molar-refractivity contribution in [3.05, 3.63) is 41.0 Å². The van der Waals surface area contributed by atoms with E-state index in [9.17, 15) is 50.5 Å². The number of hydrogen-bond donors (Lipinski definition) is 2. The third kappa shape index (κ3) is 5.58. The number of β-amino-alcohol motifs (C(OH)–C–C–N with tert-alkyl or cyclic N) is 1. The molecule has 0 aromatic carbocycles. The molecule has 2 aromatic heterocycles. The molecular weight excluding hydrogens is 521 g/mol. The lowest BCUT2D eigenvalue weighted by molar-refractivity contribution is -0.146. The van der Waals surface area contributed by atoms with Gasteiger partial charge in [0.05, 0.1) is 12.2 Å². The van der Waals surface area contributed by atoms with Crippen LogP contribution in [0, 0.1) is 12.7 Å². The number of aliphatic hydroxyl groups excluding tert-OH is 2. The first kappa shape index (κ1) is 28.0. The predicted octanol–water partition coefficient (Wildman–Crippen LogP) is 3.44. The molecule has 1 fully saturated rings. The molecule has 1 aliphatic rings. The van der Waals surface area contributed by atoms with Crippen molar-refractivity contribution in [2.24, 2.45) is 0 Å². The van der Waals surface area contributed by atoms with Gasteiger partial charge in [0.25, 0.3) is 5.91 Å². The molecule has 0 spiro atoms. The highest BCUT2D eigenvalue weighted by molar-refractivity contribution is 6.00. The second-order valence-electron chi connectivity index (χ2n) is 8.23. The van der Waals surface area contributed by atoms with Gasteiger partial charge in [-0.25, -0.2) is 19.2 Å². The Morgan fingerprint density at radius 3 is 2.22 bits per heavy atom. The van der Waals surface area contributed by atoms with E-state index in [1.54, 1.807) is 0 Å². The van der Waals surface area contributed by atoms with Gasteiger partial charge in [0.15, 0.2) is 17.7 Å². The molecule has 9 nitrogen and oxygen atoms in total. The smallest absolute Gasteiger partial charge is 0.405 e. The third-order valence-electron chi connectivity index (χ3n) is 5.22. The number of carbonyl (C=O) groups excluding carboxylic acids is 2. The van der Waals surface area contributed by atoms with Crippen molar-refractivity contribution in [1.82, 2.24) is 9.97 Å². The first-order valence-electron chi connectivity index (χ1n) is 10.4. The summed E-state index contributed by atoms with van der Waals surface area (Å²) in [6.07, 6.45) is -16.6. The van der Waals surface area contributed by atoms with Crippen molar-refractivity contribution >= 4 is 23.6 Å². The summed E-state index contributed by atoms with van der Waals surface area (Å²) in [5, 5.41) is 19.5. The predicted molar refractivity (Wildman–Crippen MR) is 111 cm³/mol. The summed E-state index contributed by atoms with van der Waals surface area (Å²) in [6.45, 7) is 3.10. The van der Waals surface area contributed by atoms with E-state index in [4.69, 9.17) is 4.74 Å². The van der Waals surface area contributed by atoms with Crippen LogP contribution in [-0.4, -0.2) is 57.0 Å². The molecule has 3 heterocycles. The van der Waals surface area contributed by atoms with Gasteiger partial charge in [0.1, 0.15) is 29.0 Å². The molecule has 2 aromatic rings. The number of hydrogen-bond acceptors (Lipinski definition) is 7. The number of aromatic nitrogens is 2. The third-order valence-corrected chi connectivity index (χ3v) is 5.22. The minimum absolute atomic E-state index is 0.155. The highest BCUT2D eigenvalue weighted by Gasteiger charge is 2.47. The molecular formula is C21H19F7N4O5. The van der Waals surface area contributed by atoms with Gasteiger partial charge in [-0.15, -0.1) is 0 Å². The highest BCUT2D eigenvalue weighted by Crippen LogP contribution is 2.45. The molecule has 0 saturated carbocycles. The number of aliphatic hydroxyl groups is 2. The van der Waals surface area contributed by atoms with Crippen LogP contribution < -0.4 is 14.5 Å². The lowest BCUT2D eigenvalue weighted by Gasteiger charge is -2.28. The Hall–Kier alpha value is -3.53. The first-order chi connectivity index (χ1) is 16.9. The molecule has 2 atom stereocenters. The molecule has 3 rings (SSSR count). The Morgan fingerprint density at radius 2 is 1.76 bits per heavy atom. The van der Waals surface area contributed by atoms with Crippen molar-refractivity contribution in [3.63, 3.8) is 0 Å². The van der Waals surface area contributed by atoms with Crippen LogP contribution in [0.3, 0.4) is 0 Å². The fourth-order valence-corrected chi connectivity index (χ4v) is 3.42. The van der Waals surface area contributed by atoms with Crippen molar-refractivity contribution < 1.29 is 55.3 Å². The highest BCUT2D eigenvalue weighted by atomic mass is 19.4. The number of carbonyl (C=O) groups is 2. The number of nitrogens with zero attached hydrogens (tertiary/aromatic N) is 4. The fourth-order valence-electron chi connectivity index (χ4n) is 3.42. The zero-order valence-electron chi connectivity index (χ0n) is 19.2. The van der Waals surface area contributed by atoms with E-state index in [1.165, 1.54) is 20.8 Å². The van der Waals surface area contributed by atoms with Crippen LogP contribution in [-0.2, 0) is 17.1 Å². The number of ether oxygens (including phenoxy) is 1. The SMILES string of the molecule is Cc1nc(N(C(=O)Oc2c(C(F)(F)F)cc(C(F)(F)F)nc2N2C[C@H](O)[C@H](O)C2=O)C(C)C)ccc1F. The average molecular weight is 540 g/mol. The number of amides is 2. The minimum Gasteiger partial charge on any atom is -0.405 e. The van der Waals surface area contributed by atoms with Crippen LogP contribution in [0.15, 0.2) is 18.2 Å². The fraction of sp³-hybridized carbons (Fsp3) is 0.429. The topological polar surface area (TPSA) is 116 Å². The molecule has 37 heavy (non-hydrogen) atoms. The molecule has 202 valence electrons. The number of anilines is 2. The van der Waals surface area contributed by atoms with Crippen LogP contribution in [0.1, 0.15) is 30.8 Å². The maximum atomic E-state index is 13.9. The van der Waals surface area contributed by atoms with E-state index < -0.39 is 83.9 Å². The van der Waals surface area contributed by atoms with Crippen LogP contribution in [0.5, 0.6) is 5.75 Å². The van der Waals surface area contributed by atoms with Gasteiger partial charge < -0.3 is 14.9 Å². The summed E-state index contributed by atoms with van der Waals surface area (Å²) >= 11 is 0. The number of pyridine rings is 2. The molecule has 2 N–H and O–H groups in total. The number of aryl methyl sites for hydroxylation is 1. The zero-order chi connectivity index (χ0) is 28.0. The lowest BCUT2D eigenvalue weighted by atomic mass is 10.1. The zero-order valence-corrected chi connectivity index (χ0v) is 19.2. The van der Waals surface area contributed by atoms with Crippen LogP contribution >= 0.6 is 0 Å². The molecule has 0 unspecified atom stereocenters. The van der Waals surface area contributed by atoms with Gasteiger partial charge in [-0.1, -0.05) is 0 Å². The van der Waals surface area contributed by atoms with Crippen LogP contribution in [0.25, 0.3) is 0 Å². The summed E-state index contributed by atoms with van der Waals surface area (Å²) in [6, 6.07) is 0.691. The molecule has 0 bridgehead atoms. The van der Waals surface area contributed by atoms with Crippen molar-refractivity contribution in [2.75, 3.05) is 16.3 Å². The number of rotatable bonds is 4. The Kier molecular flexibility index (Phi) is 7.38. The van der Waals surface area contributed by atoms with Crippen molar-refractivity contribution in [3.8, 4) is 5.75 Å². The summed E-state index contributed by atoms with van der Waals surface area (Å²) in [5.41, 5.74) is -4.35. The van der Waals surface area contributed by atoms with E-state index in [2.05, 4.69) is 9.97 Å². The summed E-state index contributed by atoms with van der Waals surface area (Å²) < 4.78 is 100. The maximum Gasteiger partial charge on any atom is 0.433 e. The van der Waals surface area contributed by atoms with Gasteiger partial charge in [0, 0.05) is 6.04 Å². The van der Waals surface area contributed by atoms with E-state index in [-0.39, 0.29) is 16.4 Å². The molecule has 0 radical (unpaired) electrons. The quantitative estimate of drug-likeness (QED) is 0.571. The minimum atomic E-state index is -5.54. The average Bonchev–Trinajstić information content (AvgIpc) is 3.01. The molecule has 0 aliphatic carbocycles. The molecule has 1 saturated heterocycles. The Balaban J connectivity index is 2.22. The van der Waals surface area contributed by atoms with Gasteiger partial charge in [-0.3, -0.25) is 14.6 Å². The normalized spacial score (nSPS) is 18.5. The van der Waals surface area contributed by atoms with Crippen LogP contribution in [0.2, 0.25) is 0 Å². The Labute approximate surface area is 204 Å². The van der Waals surface area contributed by atoms with E-state index in [0.29, 0.717) is 4.90 Å². The van der Waals surface area contributed by atoms with Crippen molar-refractivity contribution in [2.45, 2.75) is 51.4 Å². The number of halogens is 7. The van der Waals surface area contributed by atoms with E-state index in [0.717, 1.165) is 12.1 Å². The first-order valence-corrected chi connectivity index (χ1v) is 10.4. The molecule has 16 heteroatoms. The molecule has 2 amide bonds. The summed E-state index contributed by atoms with van der Waals surface area (Å²) in [5.74, 6) is -5.45. The monoisotopic (exact) mass is 540 g/mol. The van der Waals surface area contributed by atoms with E-state index in [1.807, 2.05) is 0 Å². The maximum absolute atomic E-state index is 13.9. The Morgan fingerprint density at radius 1 is 1.14 bits per heavy atom. The van der Waals surface area contributed by atoms with Crippen molar-refractivity contribution in [1.29, 1.82) is 0 Å². The van der Waals surface area contributed by atoms with Gasteiger partial charge in [-0.2, -0.15) is 26.3 Å². The standard InChI is InChI=1S/C21H19F7N4O5/c1-8(2)32(14-5-4-11(22)9(3)29-14)19(36)37-16-10(20(23,24)25)6-13(21(26,27)28)30-17(16)31-7-12(33)15(34)18(31)35/h4-6,8,12,15,33-34H,7H2,1-3H3/t12-,15-/m0/s1. The van der Waals surface area contributed by atoms with Crippen LogP contribution in [0.4, 0.5) is 47.2 Å². The van der Waals surface area contributed by atoms with E-state index >= 15 is 0 Å².